The van der Waals surface area contributed by atoms with Crippen LogP contribution in [0.3, 0.4) is 0 Å². The number of nitrogens with one attached hydrogen (secondary N) is 5. The van der Waals surface area contributed by atoms with Gasteiger partial charge in [0.25, 0.3) is 0 Å². The van der Waals surface area contributed by atoms with Gasteiger partial charge in [0.05, 0.1) is 67.6 Å². The molecule has 572 valence electrons. The molecular formula is C78H110N12O15. The van der Waals surface area contributed by atoms with Gasteiger partial charge >= 0.3 is 12.1 Å². The maximum atomic E-state index is 15.0. The molecule has 0 bridgehead atoms. The molecule has 4 aromatic carbocycles. The van der Waals surface area contributed by atoms with E-state index in [1.165, 1.54) is 38.0 Å². The number of aliphatic hydroxyl groups is 1. The van der Waals surface area contributed by atoms with Crippen LogP contribution in [0.2, 0.25) is 0 Å². The molecule has 105 heavy (non-hydrogen) atoms. The van der Waals surface area contributed by atoms with E-state index in [-0.39, 0.29) is 69.5 Å². The quantitative estimate of drug-likeness (QED) is 0.0225. The van der Waals surface area contributed by atoms with Crippen molar-refractivity contribution in [2.24, 2.45) is 29.4 Å². The van der Waals surface area contributed by atoms with E-state index >= 15 is 4.79 Å². The number of nitrogens with two attached hydrogens (primary N) is 1. The molecule has 13 atom stereocenters. The second-order valence-corrected chi connectivity index (χ2v) is 28.0. The highest BCUT2D eigenvalue weighted by molar-refractivity contribution is 5.96. The number of Topliss-reactive ketones (excluding diaryl/α,β-unsaturated/α-hetero) is 1. The van der Waals surface area contributed by atoms with Gasteiger partial charge in [-0.2, -0.15) is 0 Å². The molecule has 8 N–H and O–H groups in total. The van der Waals surface area contributed by atoms with Crippen LogP contribution in [0.25, 0.3) is 0 Å². The van der Waals surface area contributed by atoms with Gasteiger partial charge in [-0.15, -0.1) is 5.10 Å². The second kappa shape index (κ2) is 41.3. The zero-order valence-corrected chi connectivity index (χ0v) is 63.2. The molecule has 27 nitrogen and oxygen atoms in total. The molecule has 2 heterocycles. The summed E-state index contributed by atoms with van der Waals surface area (Å²) in [6.45, 7) is 16.2. The number of benzene rings is 4. The number of ether oxygens (including phenoxy) is 4. The summed E-state index contributed by atoms with van der Waals surface area (Å²) in [5, 5.41) is 33.2. The predicted molar refractivity (Wildman–Crippen MR) is 394 cm³/mol. The minimum absolute atomic E-state index is 0.000271. The average Bonchev–Trinajstić information content (AvgIpc) is 1.74. The zero-order chi connectivity index (χ0) is 77.2. The third-order valence-corrected chi connectivity index (χ3v) is 19.7. The number of carbonyl (C=O) groups excluding carboxylic acids is 10. The monoisotopic (exact) mass is 1450 g/mol. The van der Waals surface area contributed by atoms with Crippen molar-refractivity contribution in [3.8, 4) is 0 Å². The Morgan fingerprint density at radius 1 is 0.667 bits per heavy atom. The van der Waals surface area contributed by atoms with E-state index < -0.39 is 138 Å². The van der Waals surface area contributed by atoms with E-state index in [1.54, 1.807) is 156 Å². The smallest absolute Gasteiger partial charge is 0.410 e. The van der Waals surface area contributed by atoms with E-state index in [2.05, 4.69) is 36.9 Å². The number of nitrogens with zero attached hydrogens (tertiary/aromatic N) is 6. The first-order valence-corrected chi connectivity index (χ1v) is 36.2. The van der Waals surface area contributed by atoms with E-state index in [1.807, 2.05) is 44.2 Å². The lowest BCUT2D eigenvalue weighted by atomic mass is 9.84. The number of likely N-dealkylation sites (N-methyl/N-ethyl adjacent to an activating group) is 2. The van der Waals surface area contributed by atoms with Crippen molar-refractivity contribution in [2.45, 2.75) is 199 Å². The highest BCUT2D eigenvalue weighted by Crippen LogP contribution is 2.32. The number of likely N-dealkylation sites (tertiary alicyclic amines) is 1. The number of carbonyl (C=O) groups is 10. The van der Waals surface area contributed by atoms with E-state index in [0.717, 1.165) is 0 Å². The molecule has 1 saturated heterocycles. The maximum absolute atomic E-state index is 15.0. The van der Waals surface area contributed by atoms with Crippen LogP contribution in [0.5, 0.6) is 0 Å². The normalized spacial score (nSPS) is 16.4. The van der Waals surface area contributed by atoms with Gasteiger partial charge in [0.15, 0.2) is 5.78 Å². The van der Waals surface area contributed by atoms with Crippen molar-refractivity contribution in [2.75, 3.05) is 48.5 Å². The van der Waals surface area contributed by atoms with Crippen LogP contribution >= 0.6 is 0 Å². The molecule has 0 unspecified atom stereocenters. The highest BCUT2D eigenvalue weighted by atomic mass is 16.6. The van der Waals surface area contributed by atoms with Crippen molar-refractivity contribution < 1.29 is 72.0 Å². The fraction of sp³-hybridized carbons (Fsp3) is 0.538. The summed E-state index contributed by atoms with van der Waals surface area (Å²) in [5.74, 6) is -7.35. The molecule has 27 heteroatoms. The topological polar surface area (TPSA) is 354 Å². The number of aryl methyl sites for hydroxylation is 1. The van der Waals surface area contributed by atoms with Crippen molar-refractivity contribution in [3.05, 3.63) is 155 Å². The first-order chi connectivity index (χ1) is 50.1. The summed E-state index contributed by atoms with van der Waals surface area (Å²) in [6.07, 6.45) is -0.467. The SMILES string of the molecule is CC[C@H](C)[C@@H]([C@@H](CC(=O)N1CCC[C@H]1[C@H](OC)[C@@H](C)C(=O)N[C@H](C)[C@@H](O)c1ccccc1)OC)N(C)C(=O)[C@@H](NC(=O)[C@H](C(C)C)N(C)C(=O)OCc1ccc(CC(=O)[C@H](CCN)NC(=O)[C@@H](NC(=O)[C@H](CCC(=O)OC)NC(=O)Cn2cc(C)nn2)C(c2ccccc2)c2ccccc2)cc1)C(C)C. The molecular weight excluding hydrogens is 1340 g/mol. The van der Waals surface area contributed by atoms with Gasteiger partial charge in [0.1, 0.15) is 37.3 Å². The summed E-state index contributed by atoms with van der Waals surface area (Å²) in [6, 6.07) is 26.1. The lowest BCUT2D eigenvalue weighted by molar-refractivity contribution is -0.148. The van der Waals surface area contributed by atoms with Crippen LogP contribution in [0.15, 0.2) is 121 Å². The number of aliphatic hydroxyl groups excluding tert-OH is 1. The molecule has 1 aliphatic rings. The predicted octanol–water partition coefficient (Wildman–Crippen LogP) is 5.88. The number of aromatic nitrogens is 3. The fourth-order valence-electron chi connectivity index (χ4n) is 13.7. The van der Waals surface area contributed by atoms with Crippen LogP contribution in [0.4, 0.5) is 4.79 Å². The third-order valence-electron chi connectivity index (χ3n) is 19.7. The second-order valence-electron chi connectivity index (χ2n) is 28.0. The van der Waals surface area contributed by atoms with E-state index in [0.29, 0.717) is 59.3 Å². The first kappa shape index (κ1) is 84.5. The van der Waals surface area contributed by atoms with Gasteiger partial charge in [-0.25, -0.2) is 9.48 Å². The van der Waals surface area contributed by atoms with Gasteiger partial charge in [0.2, 0.25) is 41.4 Å². The maximum Gasteiger partial charge on any atom is 0.410 e. The number of ketones is 1. The van der Waals surface area contributed by atoms with Gasteiger partial charge in [-0.05, 0) is 91.6 Å². The lowest BCUT2D eigenvalue weighted by Crippen LogP contribution is -2.60. The summed E-state index contributed by atoms with van der Waals surface area (Å²) in [4.78, 5) is 146. The molecule has 0 saturated carbocycles. The van der Waals surface area contributed by atoms with Crippen LogP contribution in [-0.4, -0.2) is 203 Å². The van der Waals surface area contributed by atoms with Crippen LogP contribution < -0.4 is 32.3 Å². The number of hydrogen-bond donors (Lipinski definition) is 7. The Morgan fingerprint density at radius 3 is 1.79 bits per heavy atom. The lowest BCUT2D eigenvalue weighted by Gasteiger charge is -2.41. The van der Waals surface area contributed by atoms with Crippen molar-refractivity contribution in [1.82, 2.24) is 56.3 Å². The standard InChI is InChI=1S/C78H110N12O15/c1-15-49(6)70(62(102-12)43-64(93)90-41-25-32-60(90)72(104-14)51(8)73(96)80-52(9)71(95)57-30-23-18-24-31-57)87(10)77(100)67(47(2)3)83-76(99)69(48(4)5)88(11)78(101)105-46-54-35-33-53(34-36-54)42-61(91)58(39-40-79)82-75(98)68(66(55-26-19-16-20-27-55)56-28-21-17-22-29-56)84-74(97)59(37-38-65(94)103-13)81-63(92)45-89-44-50(7)85-86-89/h16-24,26-31,33-36,44,47-49,51-52,58-60,62,66-72,95H,15,25,32,37-43,45-46,79H2,1-14H3,(H,80,96)(H,81,92)(H,82,98)(H,83,99)(H,84,97)/t49-,51+,52+,58-,59-,60-,62+,67-,68-,69-,70-,71+,72+/m0/s1. The van der Waals surface area contributed by atoms with Crippen LogP contribution in [0, 0.1) is 30.6 Å². The summed E-state index contributed by atoms with van der Waals surface area (Å²) >= 11 is 0. The van der Waals surface area contributed by atoms with Crippen molar-refractivity contribution in [3.63, 3.8) is 0 Å². The Balaban J connectivity index is 1.10. The molecule has 5 aromatic rings. The molecule has 1 aliphatic heterocycles. The molecule has 6 rings (SSSR count). The van der Waals surface area contributed by atoms with Crippen molar-refractivity contribution in [1.29, 1.82) is 0 Å². The fourth-order valence-corrected chi connectivity index (χ4v) is 13.7. The summed E-state index contributed by atoms with van der Waals surface area (Å²) < 4.78 is 24.0. The minimum Gasteiger partial charge on any atom is -0.469 e. The average molecular weight is 1460 g/mol. The molecule has 0 aliphatic carbocycles. The zero-order valence-electron chi connectivity index (χ0n) is 63.2. The number of rotatable bonds is 40. The Hall–Kier alpha value is -9.44. The third kappa shape index (κ3) is 23.8. The molecule has 1 fully saturated rings. The number of esters is 1. The van der Waals surface area contributed by atoms with E-state index in [9.17, 15) is 48.3 Å². The largest absolute Gasteiger partial charge is 0.469 e. The first-order valence-electron chi connectivity index (χ1n) is 36.2. The number of hydrogen-bond acceptors (Lipinski definition) is 18. The van der Waals surface area contributed by atoms with Gasteiger partial charge in [-0.3, -0.25) is 48.1 Å². The van der Waals surface area contributed by atoms with Crippen LogP contribution in [-0.2, 0) is 81.7 Å². The highest BCUT2D eigenvalue weighted by Gasteiger charge is 2.45. The van der Waals surface area contributed by atoms with Crippen LogP contribution in [0.1, 0.15) is 146 Å². The number of amides is 8. The van der Waals surface area contributed by atoms with Gasteiger partial charge < -0.3 is 66.2 Å². The minimum atomic E-state index is -1.40. The van der Waals surface area contributed by atoms with Crippen molar-refractivity contribution >= 4 is 59.2 Å². The number of methoxy groups -OCH3 is 3. The van der Waals surface area contributed by atoms with Gasteiger partial charge in [0, 0.05) is 59.8 Å². The Kier molecular flexibility index (Phi) is 33.2. The molecule has 0 spiro atoms. The van der Waals surface area contributed by atoms with Gasteiger partial charge in [-0.1, -0.05) is 175 Å². The Morgan fingerprint density at radius 2 is 1.26 bits per heavy atom. The Bertz CT molecular complexity index is 3600. The van der Waals surface area contributed by atoms with E-state index in [4.69, 9.17) is 24.7 Å². The molecule has 8 amide bonds. The summed E-state index contributed by atoms with van der Waals surface area (Å²) in [5.41, 5.74) is 9.71. The summed E-state index contributed by atoms with van der Waals surface area (Å²) in [7, 11) is 7.30. The Labute approximate surface area is 617 Å². The molecule has 0 radical (unpaired) electrons. The molecule has 1 aromatic heterocycles.